The minimum Gasteiger partial charge on any atom is -0.493 e. The molecular weight excluding hydrogens is 414 g/mol. The van der Waals surface area contributed by atoms with Crippen molar-refractivity contribution in [2.75, 3.05) is 19.5 Å². The molecule has 0 spiro atoms. The molecule has 0 atom stereocenters. The number of carbonyl (C=O) groups excluding carboxylic acids is 1. The first kappa shape index (κ1) is 20.5. The van der Waals surface area contributed by atoms with Crippen LogP contribution in [0.5, 0.6) is 11.5 Å². The number of pyridine rings is 1. The van der Waals surface area contributed by atoms with Gasteiger partial charge >= 0.3 is 0 Å². The molecule has 1 amide bonds. The number of methoxy groups -OCH3 is 2. The highest BCUT2D eigenvalue weighted by Crippen LogP contribution is 2.35. The van der Waals surface area contributed by atoms with E-state index in [0.717, 1.165) is 27.4 Å². The molecule has 0 aliphatic heterocycles. The molecule has 2 N–H and O–H groups in total. The van der Waals surface area contributed by atoms with Gasteiger partial charge in [-0.25, -0.2) is 4.98 Å². The first-order chi connectivity index (χ1) is 15.0. The Kier molecular flexibility index (Phi) is 5.68. The number of hydrogen-bond acceptors (Lipinski definition) is 7. The summed E-state index contributed by atoms with van der Waals surface area (Å²) in [4.78, 5) is 22.1. The number of carbonyl (C=O) groups is 1. The van der Waals surface area contributed by atoms with Crippen LogP contribution in [-0.2, 0) is 0 Å². The zero-order valence-electron chi connectivity index (χ0n) is 17.5. The molecule has 1 aromatic carbocycles. The lowest BCUT2D eigenvalue weighted by Gasteiger charge is -2.08. The van der Waals surface area contributed by atoms with Crippen molar-refractivity contribution in [2.45, 2.75) is 13.8 Å². The van der Waals surface area contributed by atoms with Crippen LogP contribution in [-0.4, -0.2) is 40.3 Å². The number of rotatable bonds is 6. The zero-order valence-corrected chi connectivity index (χ0v) is 18.3. The Labute approximate surface area is 183 Å². The number of aromatic nitrogens is 4. The van der Waals surface area contributed by atoms with Crippen molar-refractivity contribution in [3.8, 4) is 33.3 Å². The highest BCUT2D eigenvalue weighted by Gasteiger charge is 2.20. The van der Waals surface area contributed by atoms with Gasteiger partial charge in [0.1, 0.15) is 9.88 Å². The van der Waals surface area contributed by atoms with Crippen LogP contribution < -0.4 is 14.8 Å². The summed E-state index contributed by atoms with van der Waals surface area (Å²) < 4.78 is 10.7. The van der Waals surface area contributed by atoms with E-state index in [0.29, 0.717) is 27.9 Å². The lowest BCUT2D eigenvalue weighted by Crippen LogP contribution is -2.12. The number of hydrogen-bond donors (Lipinski definition) is 2. The Morgan fingerprint density at radius 2 is 1.77 bits per heavy atom. The summed E-state index contributed by atoms with van der Waals surface area (Å²) in [5.74, 6) is 1.47. The van der Waals surface area contributed by atoms with E-state index >= 15 is 0 Å². The van der Waals surface area contributed by atoms with E-state index in [-0.39, 0.29) is 5.91 Å². The number of H-pyrrole nitrogens is 1. The second-order valence-electron chi connectivity index (χ2n) is 6.77. The standard InChI is InChI=1S/C22H21N5O3S/c1-12-18(14-7-9-23-10-8-14)26-27-20(12)25-21(28)19-13(2)24-22(31-19)15-5-6-16(29-3)17(11-15)30-4/h5-11H,1-4H3,(H2,25,26,27,28). The number of benzene rings is 1. The molecule has 0 aliphatic carbocycles. The molecule has 31 heavy (non-hydrogen) atoms. The molecule has 0 unspecified atom stereocenters. The van der Waals surface area contributed by atoms with E-state index in [9.17, 15) is 4.79 Å². The predicted molar refractivity (Wildman–Crippen MR) is 120 cm³/mol. The topological polar surface area (TPSA) is 102 Å². The van der Waals surface area contributed by atoms with Gasteiger partial charge in [-0.2, -0.15) is 5.10 Å². The van der Waals surface area contributed by atoms with Crippen molar-refractivity contribution in [2.24, 2.45) is 0 Å². The van der Waals surface area contributed by atoms with Gasteiger partial charge in [0.05, 0.1) is 25.6 Å². The maximum absolute atomic E-state index is 13.0. The lowest BCUT2D eigenvalue weighted by molar-refractivity contribution is 0.102. The largest absolute Gasteiger partial charge is 0.493 e. The minimum atomic E-state index is -0.252. The van der Waals surface area contributed by atoms with Gasteiger partial charge < -0.3 is 14.8 Å². The van der Waals surface area contributed by atoms with Gasteiger partial charge in [0.15, 0.2) is 17.3 Å². The van der Waals surface area contributed by atoms with E-state index in [4.69, 9.17) is 9.47 Å². The van der Waals surface area contributed by atoms with Gasteiger partial charge in [-0.15, -0.1) is 11.3 Å². The van der Waals surface area contributed by atoms with Crippen molar-refractivity contribution in [1.29, 1.82) is 0 Å². The van der Waals surface area contributed by atoms with Crippen LogP contribution in [0.15, 0.2) is 42.7 Å². The third-order valence-corrected chi connectivity index (χ3v) is 6.05. The molecule has 0 aliphatic rings. The van der Waals surface area contributed by atoms with Gasteiger partial charge in [0, 0.05) is 29.1 Å². The van der Waals surface area contributed by atoms with E-state index in [1.54, 1.807) is 26.6 Å². The highest BCUT2D eigenvalue weighted by atomic mass is 32.1. The number of aryl methyl sites for hydroxylation is 1. The van der Waals surface area contributed by atoms with Crippen molar-refractivity contribution in [1.82, 2.24) is 20.2 Å². The summed E-state index contributed by atoms with van der Waals surface area (Å²) in [6, 6.07) is 9.32. The number of thiazole rings is 1. The van der Waals surface area contributed by atoms with Crippen LogP contribution in [0.25, 0.3) is 21.8 Å². The van der Waals surface area contributed by atoms with Crippen LogP contribution in [0, 0.1) is 13.8 Å². The molecule has 8 nitrogen and oxygen atoms in total. The van der Waals surface area contributed by atoms with Gasteiger partial charge in [-0.05, 0) is 44.2 Å². The maximum atomic E-state index is 13.0. The summed E-state index contributed by atoms with van der Waals surface area (Å²) in [5.41, 5.74) is 4.13. The predicted octanol–water partition coefficient (Wildman–Crippen LogP) is 4.48. The van der Waals surface area contributed by atoms with Crippen LogP contribution >= 0.6 is 11.3 Å². The first-order valence-electron chi connectivity index (χ1n) is 9.48. The number of anilines is 1. The Balaban J connectivity index is 1.59. The smallest absolute Gasteiger partial charge is 0.268 e. The van der Waals surface area contributed by atoms with Crippen LogP contribution in [0.3, 0.4) is 0 Å². The molecule has 0 fully saturated rings. The Hall–Kier alpha value is -3.72. The van der Waals surface area contributed by atoms with Crippen molar-refractivity contribution < 1.29 is 14.3 Å². The van der Waals surface area contributed by atoms with Gasteiger partial charge in [-0.3, -0.25) is 14.9 Å². The van der Waals surface area contributed by atoms with Gasteiger partial charge in [0.2, 0.25) is 0 Å². The fourth-order valence-corrected chi connectivity index (χ4v) is 4.14. The second-order valence-corrected chi connectivity index (χ2v) is 7.76. The Bertz CT molecular complexity index is 1230. The van der Waals surface area contributed by atoms with E-state index < -0.39 is 0 Å². The lowest BCUT2D eigenvalue weighted by atomic mass is 10.1. The number of amides is 1. The molecule has 0 saturated carbocycles. The Morgan fingerprint density at radius 3 is 2.48 bits per heavy atom. The van der Waals surface area contributed by atoms with Crippen LogP contribution in [0.2, 0.25) is 0 Å². The Morgan fingerprint density at radius 1 is 1.03 bits per heavy atom. The third-order valence-electron chi connectivity index (χ3n) is 4.84. The zero-order chi connectivity index (χ0) is 22.0. The normalized spacial score (nSPS) is 10.7. The number of aromatic amines is 1. The highest BCUT2D eigenvalue weighted by molar-refractivity contribution is 7.17. The molecule has 4 aromatic rings. The molecule has 3 aromatic heterocycles. The SMILES string of the molecule is COc1ccc(-c2nc(C)c(C(=O)Nc3n[nH]c(-c4ccncc4)c3C)s2)cc1OC. The summed E-state index contributed by atoms with van der Waals surface area (Å²) in [6.45, 7) is 3.72. The van der Waals surface area contributed by atoms with Gasteiger partial charge in [0.25, 0.3) is 5.91 Å². The van der Waals surface area contributed by atoms with Crippen LogP contribution in [0.4, 0.5) is 5.82 Å². The van der Waals surface area contributed by atoms with E-state index in [1.807, 2.05) is 44.2 Å². The molecule has 0 radical (unpaired) electrons. The number of ether oxygens (including phenoxy) is 2. The molecule has 4 rings (SSSR count). The molecule has 9 heteroatoms. The first-order valence-corrected chi connectivity index (χ1v) is 10.3. The molecule has 0 saturated heterocycles. The second kappa shape index (κ2) is 8.57. The molecule has 0 bridgehead atoms. The summed E-state index contributed by atoms with van der Waals surface area (Å²) in [6.07, 6.45) is 3.43. The number of nitrogens with one attached hydrogen (secondary N) is 2. The fourth-order valence-electron chi connectivity index (χ4n) is 3.18. The monoisotopic (exact) mass is 435 g/mol. The maximum Gasteiger partial charge on any atom is 0.268 e. The minimum absolute atomic E-state index is 0.252. The van der Waals surface area contributed by atoms with Crippen LogP contribution in [0.1, 0.15) is 20.9 Å². The molecular formula is C22H21N5O3S. The summed E-state index contributed by atoms with van der Waals surface area (Å²) in [5, 5.41) is 10.9. The quantitative estimate of drug-likeness (QED) is 0.463. The average Bonchev–Trinajstić information content (AvgIpc) is 3.36. The van der Waals surface area contributed by atoms with Crippen molar-refractivity contribution >= 4 is 23.1 Å². The van der Waals surface area contributed by atoms with Gasteiger partial charge in [-0.1, -0.05) is 0 Å². The average molecular weight is 436 g/mol. The van der Waals surface area contributed by atoms with E-state index in [2.05, 4.69) is 25.5 Å². The molecule has 158 valence electrons. The summed E-state index contributed by atoms with van der Waals surface area (Å²) in [7, 11) is 3.17. The fraction of sp³-hybridized carbons (Fsp3) is 0.182. The molecule has 3 heterocycles. The summed E-state index contributed by atoms with van der Waals surface area (Å²) >= 11 is 1.32. The third kappa shape index (κ3) is 3.99. The van der Waals surface area contributed by atoms with Crippen molar-refractivity contribution in [3.05, 3.63) is 58.9 Å². The number of nitrogens with zero attached hydrogens (tertiary/aromatic N) is 3. The van der Waals surface area contributed by atoms with E-state index in [1.165, 1.54) is 11.3 Å². The van der Waals surface area contributed by atoms with Crippen molar-refractivity contribution in [3.63, 3.8) is 0 Å².